The molecule has 1 aromatic carbocycles. The fourth-order valence-corrected chi connectivity index (χ4v) is 2.65. The highest BCUT2D eigenvalue weighted by Gasteiger charge is 2.11. The lowest BCUT2D eigenvalue weighted by molar-refractivity contribution is -0.116. The van der Waals surface area contributed by atoms with Crippen LogP contribution < -0.4 is 16.0 Å². The van der Waals surface area contributed by atoms with E-state index in [1.807, 2.05) is 43.3 Å². The summed E-state index contributed by atoms with van der Waals surface area (Å²) in [6, 6.07) is 8.25. The number of anilines is 1. The van der Waals surface area contributed by atoms with E-state index in [2.05, 4.69) is 40.0 Å². The lowest BCUT2D eigenvalue weighted by atomic mass is 10.2. The Hall–Kier alpha value is -2.34. The fraction of sp³-hybridized carbons (Fsp3) is 0.474. The van der Waals surface area contributed by atoms with Crippen molar-refractivity contribution >= 4 is 17.6 Å². The van der Waals surface area contributed by atoms with E-state index in [1.165, 1.54) is 0 Å². The summed E-state index contributed by atoms with van der Waals surface area (Å²) >= 11 is 0. The zero-order chi connectivity index (χ0) is 18.1. The number of benzene rings is 1. The molecule has 0 saturated carbocycles. The van der Waals surface area contributed by atoms with E-state index < -0.39 is 0 Å². The van der Waals surface area contributed by atoms with Crippen LogP contribution in [0.1, 0.15) is 25.3 Å². The molecule has 1 aliphatic rings. The first-order valence-corrected chi connectivity index (χ1v) is 8.80. The average molecular weight is 343 g/mol. The monoisotopic (exact) mass is 343 g/mol. The summed E-state index contributed by atoms with van der Waals surface area (Å²) in [5.74, 6) is 0.813. The molecular weight excluding hydrogens is 314 g/mol. The standard InChI is InChI=1S/C19H29N5O/c1-4-20-19(23-16-9-5-6-10-16)21-13-15-8-7-11-17(12-15)22-18(25)14-24(2)3/h5-8,11-12,16H,4,9-10,13-14H2,1-3H3,(H,22,25)(H2,20,21,23). The van der Waals surface area contributed by atoms with Crippen molar-refractivity contribution in [2.24, 2.45) is 4.99 Å². The molecule has 1 aromatic rings. The van der Waals surface area contributed by atoms with E-state index in [0.717, 1.165) is 36.6 Å². The Morgan fingerprint density at radius 1 is 1.28 bits per heavy atom. The van der Waals surface area contributed by atoms with Gasteiger partial charge in [-0.15, -0.1) is 0 Å². The minimum absolute atomic E-state index is 0.0191. The van der Waals surface area contributed by atoms with Gasteiger partial charge in [-0.1, -0.05) is 24.3 Å². The lowest BCUT2D eigenvalue weighted by Crippen LogP contribution is -2.42. The quantitative estimate of drug-likeness (QED) is 0.402. The van der Waals surface area contributed by atoms with Crippen molar-refractivity contribution < 1.29 is 4.79 Å². The van der Waals surface area contributed by atoms with Gasteiger partial charge in [-0.25, -0.2) is 4.99 Å². The zero-order valence-electron chi connectivity index (χ0n) is 15.4. The van der Waals surface area contributed by atoms with E-state index in [-0.39, 0.29) is 5.91 Å². The van der Waals surface area contributed by atoms with Crippen LogP contribution in [0, 0.1) is 0 Å². The van der Waals surface area contributed by atoms with Gasteiger partial charge in [-0.3, -0.25) is 4.79 Å². The third-order valence-electron chi connectivity index (χ3n) is 3.78. The van der Waals surface area contributed by atoms with Crippen molar-refractivity contribution in [3.05, 3.63) is 42.0 Å². The van der Waals surface area contributed by atoms with Gasteiger partial charge in [0.25, 0.3) is 0 Å². The van der Waals surface area contributed by atoms with Gasteiger partial charge < -0.3 is 20.9 Å². The van der Waals surface area contributed by atoms with Crippen molar-refractivity contribution in [1.29, 1.82) is 0 Å². The third-order valence-corrected chi connectivity index (χ3v) is 3.78. The Bertz CT molecular complexity index is 616. The van der Waals surface area contributed by atoms with Crippen LogP contribution in [-0.2, 0) is 11.3 Å². The fourth-order valence-electron chi connectivity index (χ4n) is 2.65. The van der Waals surface area contributed by atoms with Gasteiger partial charge in [0.05, 0.1) is 13.1 Å². The lowest BCUT2D eigenvalue weighted by Gasteiger charge is -2.16. The highest BCUT2D eigenvalue weighted by molar-refractivity contribution is 5.92. The number of nitrogens with zero attached hydrogens (tertiary/aromatic N) is 2. The largest absolute Gasteiger partial charge is 0.357 e. The molecule has 0 spiro atoms. The van der Waals surface area contributed by atoms with E-state index in [1.54, 1.807) is 0 Å². The number of aliphatic imine (C=N–C) groups is 1. The summed E-state index contributed by atoms with van der Waals surface area (Å²) in [7, 11) is 3.75. The second-order valence-electron chi connectivity index (χ2n) is 6.47. The molecule has 0 unspecified atom stereocenters. The predicted molar refractivity (Wildman–Crippen MR) is 104 cm³/mol. The Morgan fingerprint density at radius 3 is 2.72 bits per heavy atom. The number of amides is 1. The zero-order valence-corrected chi connectivity index (χ0v) is 15.4. The molecule has 0 bridgehead atoms. The summed E-state index contributed by atoms with van der Waals surface area (Å²) in [5, 5.41) is 9.66. The van der Waals surface area contributed by atoms with Crippen molar-refractivity contribution in [3.8, 4) is 0 Å². The highest BCUT2D eigenvalue weighted by atomic mass is 16.2. The molecule has 1 amide bonds. The summed E-state index contributed by atoms with van der Waals surface area (Å²) in [6.45, 7) is 3.82. The van der Waals surface area contributed by atoms with Crippen LogP contribution in [0.4, 0.5) is 5.69 Å². The van der Waals surface area contributed by atoms with E-state index in [9.17, 15) is 4.79 Å². The maximum atomic E-state index is 11.9. The Balaban J connectivity index is 1.95. The van der Waals surface area contributed by atoms with Crippen LogP contribution in [0.3, 0.4) is 0 Å². The highest BCUT2D eigenvalue weighted by Crippen LogP contribution is 2.12. The Kier molecular flexibility index (Phi) is 7.47. The molecule has 1 aliphatic carbocycles. The molecule has 0 fully saturated rings. The van der Waals surface area contributed by atoms with Gasteiger partial charge in [0.15, 0.2) is 5.96 Å². The smallest absolute Gasteiger partial charge is 0.238 e. The number of carbonyl (C=O) groups is 1. The van der Waals surface area contributed by atoms with Crippen molar-refractivity contribution in [3.63, 3.8) is 0 Å². The molecule has 136 valence electrons. The van der Waals surface area contributed by atoms with Gasteiger partial charge in [0.2, 0.25) is 5.91 Å². The molecule has 25 heavy (non-hydrogen) atoms. The van der Waals surface area contributed by atoms with Crippen LogP contribution in [0.25, 0.3) is 0 Å². The molecule has 0 radical (unpaired) electrons. The molecule has 0 aromatic heterocycles. The third kappa shape index (κ3) is 6.97. The number of carbonyl (C=O) groups excluding carboxylic acids is 1. The topological polar surface area (TPSA) is 68.8 Å². The van der Waals surface area contributed by atoms with Crippen LogP contribution in [-0.4, -0.2) is 50.0 Å². The molecule has 0 atom stereocenters. The van der Waals surface area contributed by atoms with E-state index >= 15 is 0 Å². The molecule has 6 nitrogen and oxygen atoms in total. The van der Waals surface area contributed by atoms with Gasteiger partial charge in [0.1, 0.15) is 0 Å². The number of hydrogen-bond acceptors (Lipinski definition) is 3. The number of rotatable bonds is 7. The van der Waals surface area contributed by atoms with Crippen LogP contribution in [0.15, 0.2) is 41.4 Å². The first-order valence-electron chi connectivity index (χ1n) is 8.80. The van der Waals surface area contributed by atoms with E-state index in [4.69, 9.17) is 0 Å². The van der Waals surface area contributed by atoms with Crippen molar-refractivity contribution in [2.45, 2.75) is 32.4 Å². The Labute approximate surface area is 150 Å². The van der Waals surface area contributed by atoms with Crippen LogP contribution in [0.2, 0.25) is 0 Å². The van der Waals surface area contributed by atoms with Crippen molar-refractivity contribution in [2.75, 3.05) is 32.5 Å². The first kappa shape index (κ1) is 19.0. The van der Waals surface area contributed by atoms with E-state index in [0.29, 0.717) is 19.1 Å². The van der Waals surface area contributed by atoms with Gasteiger partial charge in [0, 0.05) is 18.3 Å². The van der Waals surface area contributed by atoms with Crippen LogP contribution >= 0.6 is 0 Å². The first-order chi connectivity index (χ1) is 12.1. The maximum Gasteiger partial charge on any atom is 0.238 e. The second-order valence-corrected chi connectivity index (χ2v) is 6.47. The van der Waals surface area contributed by atoms with Crippen molar-refractivity contribution in [1.82, 2.24) is 15.5 Å². The minimum atomic E-state index is -0.0191. The Morgan fingerprint density at radius 2 is 2.04 bits per heavy atom. The normalized spacial score (nSPS) is 14.8. The molecule has 6 heteroatoms. The van der Waals surface area contributed by atoms with Gasteiger partial charge in [-0.2, -0.15) is 0 Å². The summed E-state index contributed by atoms with van der Waals surface area (Å²) in [4.78, 5) is 18.4. The van der Waals surface area contributed by atoms with Gasteiger partial charge in [-0.05, 0) is 51.6 Å². The summed E-state index contributed by atoms with van der Waals surface area (Å²) in [6.07, 6.45) is 6.47. The summed E-state index contributed by atoms with van der Waals surface area (Å²) < 4.78 is 0. The molecule has 0 saturated heterocycles. The van der Waals surface area contributed by atoms with Crippen LogP contribution in [0.5, 0.6) is 0 Å². The number of nitrogens with one attached hydrogen (secondary N) is 3. The molecule has 3 N–H and O–H groups in total. The molecular formula is C19H29N5O. The SMILES string of the molecule is CCNC(=NCc1cccc(NC(=O)CN(C)C)c1)NC1CC=CC1. The molecule has 0 aliphatic heterocycles. The number of likely N-dealkylation sites (N-methyl/N-ethyl adjacent to an activating group) is 1. The minimum Gasteiger partial charge on any atom is -0.357 e. The number of hydrogen-bond donors (Lipinski definition) is 3. The predicted octanol–water partition coefficient (Wildman–Crippen LogP) is 1.96. The molecule has 0 heterocycles. The summed E-state index contributed by atoms with van der Waals surface area (Å²) in [5.41, 5.74) is 1.86. The maximum absolute atomic E-state index is 11.9. The number of guanidine groups is 1. The van der Waals surface area contributed by atoms with Gasteiger partial charge >= 0.3 is 0 Å². The second kappa shape index (κ2) is 9.84. The molecule has 2 rings (SSSR count). The average Bonchev–Trinajstić information content (AvgIpc) is 3.05.